The van der Waals surface area contributed by atoms with E-state index in [2.05, 4.69) is 10.3 Å². The highest BCUT2D eigenvalue weighted by Gasteiger charge is 2.25. The van der Waals surface area contributed by atoms with E-state index in [1.165, 1.54) is 0 Å². The summed E-state index contributed by atoms with van der Waals surface area (Å²) in [4.78, 5) is 30.0. The average Bonchev–Trinajstić information content (AvgIpc) is 3.22. The Morgan fingerprint density at radius 1 is 0.844 bits per heavy atom. The summed E-state index contributed by atoms with van der Waals surface area (Å²) in [6.45, 7) is 0.752. The number of nitrogens with one attached hydrogen (secondary N) is 2. The number of carbonyl (C=O) groups is 2. The van der Waals surface area contributed by atoms with Crippen molar-refractivity contribution in [2.24, 2.45) is 0 Å². The zero-order valence-corrected chi connectivity index (χ0v) is 17.6. The molecule has 0 aliphatic carbocycles. The summed E-state index contributed by atoms with van der Waals surface area (Å²) < 4.78 is 0. The van der Waals surface area contributed by atoms with Gasteiger partial charge in [0.05, 0.1) is 0 Å². The summed E-state index contributed by atoms with van der Waals surface area (Å²) in [5.41, 5.74) is 3.74. The lowest BCUT2D eigenvalue weighted by Gasteiger charge is -2.25. The number of carbonyl (C=O) groups excluding carboxylic acids is 1. The molecular weight excluding hydrogens is 402 g/mol. The van der Waals surface area contributed by atoms with Crippen LogP contribution in [-0.4, -0.2) is 33.0 Å². The van der Waals surface area contributed by atoms with Crippen LogP contribution in [0.4, 0.5) is 4.79 Å². The van der Waals surface area contributed by atoms with Gasteiger partial charge in [-0.25, -0.2) is 9.59 Å². The standard InChI is InChI=1S/C26H25N3O3/c30-25(31)24(15-21-16-27-23-14-8-7-13-22(21)23)28-26(32)29(17-19-9-3-1-4-10-19)18-20-11-5-2-6-12-20/h1-14,16,24,27H,15,17-18H2,(H,28,32)(H,30,31)/t24-/m0/s1. The van der Waals surface area contributed by atoms with Gasteiger partial charge in [-0.1, -0.05) is 78.9 Å². The van der Waals surface area contributed by atoms with E-state index in [0.717, 1.165) is 27.6 Å². The van der Waals surface area contributed by atoms with Gasteiger partial charge in [0, 0.05) is 36.6 Å². The van der Waals surface area contributed by atoms with Gasteiger partial charge in [-0.2, -0.15) is 0 Å². The lowest BCUT2D eigenvalue weighted by molar-refractivity contribution is -0.139. The van der Waals surface area contributed by atoms with Crippen molar-refractivity contribution in [2.75, 3.05) is 0 Å². The van der Waals surface area contributed by atoms with Crippen LogP contribution in [0.25, 0.3) is 10.9 Å². The number of hydrogen-bond donors (Lipinski definition) is 3. The number of carboxylic acids is 1. The van der Waals surface area contributed by atoms with Crippen LogP contribution in [-0.2, 0) is 24.3 Å². The first-order chi connectivity index (χ1) is 15.6. The van der Waals surface area contributed by atoms with Crippen molar-refractivity contribution in [1.82, 2.24) is 15.2 Å². The van der Waals surface area contributed by atoms with Crippen molar-refractivity contribution in [2.45, 2.75) is 25.6 Å². The molecule has 0 aliphatic rings. The van der Waals surface area contributed by atoms with Crippen LogP contribution in [0.2, 0.25) is 0 Å². The van der Waals surface area contributed by atoms with Crippen LogP contribution in [0.15, 0.2) is 91.1 Å². The van der Waals surface area contributed by atoms with Crippen LogP contribution in [0.3, 0.4) is 0 Å². The molecule has 4 rings (SSSR count). The minimum Gasteiger partial charge on any atom is -0.480 e. The SMILES string of the molecule is O=C(O)[C@H](Cc1c[nH]c2ccccc12)NC(=O)N(Cc1ccccc1)Cc1ccccc1. The molecule has 1 heterocycles. The Morgan fingerprint density at radius 2 is 1.41 bits per heavy atom. The van der Waals surface area contributed by atoms with E-state index in [9.17, 15) is 14.7 Å². The largest absolute Gasteiger partial charge is 0.480 e. The van der Waals surface area contributed by atoms with Crippen LogP contribution in [0.1, 0.15) is 16.7 Å². The van der Waals surface area contributed by atoms with E-state index in [1.54, 1.807) is 11.1 Å². The van der Waals surface area contributed by atoms with Gasteiger partial charge in [-0.05, 0) is 22.8 Å². The zero-order valence-electron chi connectivity index (χ0n) is 17.6. The Kier molecular flexibility index (Phi) is 6.51. The molecule has 6 nitrogen and oxygen atoms in total. The number of rotatable bonds is 8. The molecule has 4 aromatic rings. The Morgan fingerprint density at radius 3 is 2.00 bits per heavy atom. The third kappa shape index (κ3) is 5.16. The maximum absolute atomic E-state index is 13.2. The summed E-state index contributed by atoms with van der Waals surface area (Å²) in [7, 11) is 0. The Hall–Kier alpha value is -4.06. The predicted octanol–water partition coefficient (Wildman–Crippen LogP) is 4.58. The van der Waals surface area contributed by atoms with Gasteiger partial charge in [0.15, 0.2) is 0 Å². The number of carboxylic acid groups (broad SMARTS) is 1. The fourth-order valence-electron chi connectivity index (χ4n) is 3.77. The molecule has 0 saturated heterocycles. The highest BCUT2D eigenvalue weighted by Crippen LogP contribution is 2.19. The number of aromatic nitrogens is 1. The number of para-hydroxylation sites is 1. The van der Waals surface area contributed by atoms with Crippen LogP contribution in [0.5, 0.6) is 0 Å². The second kappa shape index (κ2) is 9.83. The summed E-state index contributed by atoms with van der Waals surface area (Å²) >= 11 is 0. The molecule has 0 saturated carbocycles. The minimum absolute atomic E-state index is 0.190. The van der Waals surface area contributed by atoms with E-state index in [1.807, 2.05) is 84.9 Å². The van der Waals surface area contributed by atoms with Gasteiger partial charge in [0.25, 0.3) is 0 Å². The minimum atomic E-state index is -1.07. The van der Waals surface area contributed by atoms with Crippen molar-refractivity contribution in [3.05, 3.63) is 108 Å². The maximum atomic E-state index is 13.2. The topological polar surface area (TPSA) is 85.4 Å². The monoisotopic (exact) mass is 427 g/mol. The molecule has 1 aromatic heterocycles. The molecule has 1 atom stereocenters. The van der Waals surface area contributed by atoms with E-state index >= 15 is 0 Å². The predicted molar refractivity (Wildman–Crippen MR) is 124 cm³/mol. The molecule has 2 amide bonds. The molecule has 3 aromatic carbocycles. The number of aromatic amines is 1. The molecule has 0 radical (unpaired) electrons. The first kappa shape index (κ1) is 21.2. The third-order valence-corrected chi connectivity index (χ3v) is 5.41. The highest BCUT2D eigenvalue weighted by molar-refractivity contribution is 5.86. The van der Waals surface area contributed by atoms with Gasteiger partial charge in [0.2, 0.25) is 0 Å². The first-order valence-electron chi connectivity index (χ1n) is 10.5. The number of urea groups is 1. The van der Waals surface area contributed by atoms with Crippen LogP contribution < -0.4 is 5.32 Å². The molecule has 32 heavy (non-hydrogen) atoms. The van der Waals surface area contributed by atoms with Crippen molar-refractivity contribution >= 4 is 22.9 Å². The van der Waals surface area contributed by atoms with E-state index in [0.29, 0.717) is 13.1 Å². The molecule has 6 heteroatoms. The number of H-pyrrole nitrogens is 1. The molecule has 0 spiro atoms. The van der Waals surface area contributed by atoms with Gasteiger partial charge in [-0.3, -0.25) is 0 Å². The quantitative estimate of drug-likeness (QED) is 0.385. The summed E-state index contributed by atoms with van der Waals surface area (Å²) in [5.74, 6) is -1.07. The lowest BCUT2D eigenvalue weighted by Crippen LogP contribution is -2.48. The molecule has 0 aliphatic heterocycles. The Balaban J connectivity index is 1.53. The number of amides is 2. The van der Waals surface area contributed by atoms with Crippen molar-refractivity contribution in [3.8, 4) is 0 Å². The Bertz CT molecular complexity index is 1150. The smallest absolute Gasteiger partial charge is 0.326 e. The summed E-state index contributed by atoms with van der Waals surface area (Å²) in [6, 6.07) is 25.6. The van der Waals surface area contributed by atoms with Gasteiger partial charge < -0.3 is 20.3 Å². The van der Waals surface area contributed by atoms with Crippen molar-refractivity contribution in [1.29, 1.82) is 0 Å². The highest BCUT2D eigenvalue weighted by atomic mass is 16.4. The molecule has 162 valence electrons. The fourth-order valence-corrected chi connectivity index (χ4v) is 3.77. The van der Waals surface area contributed by atoms with E-state index in [-0.39, 0.29) is 6.42 Å². The normalized spacial score (nSPS) is 11.8. The first-order valence-corrected chi connectivity index (χ1v) is 10.5. The molecule has 0 unspecified atom stereocenters. The third-order valence-electron chi connectivity index (χ3n) is 5.41. The van der Waals surface area contributed by atoms with Crippen molar-refractivity contribution in [3.63, 3.8) is 0 Å². The van der Waals surface area contributed by atoms with E-state index < -0.39 is 18.0 Å². The molecule has 0 bridgehead atoms. The second-order valence-corrected chi connectivity index (χ2v) is 7.73. The van der Waals surface area contributed by atoms with Crippen LogP contribution >= 0.6 is 0 Å². The number of benzene rings is 3. The number of aliphatic carboxylic acids is 1. The zero-order chi connectivity index (χ0) is 22.3. The van der Waals surface area contributed by atoms with Gasteiger partial charge in [-0.15, -0.1) is 0 Å². The fraction of sp³-hybridized carbons (Fsp3) is 0.154. The van der Waals surface area contributed by atoms with Gasteiger partial charge in [0.1, 0.15) is 6.04 Å². The second-order valence-electron chi connectivity index (χ2n) is 7.73. The molecule has 0 fully saturated rings. The summed E-state index contributed by atoms with van der Waals surface area (Å²) in [6.07, 6.45) is 1.99. The van der Waals surface area contributed by atoms with Crippen LogP contribution in [0, 0.1) is 0 Å². The summed E-state index contributed by atoms with van der Waals surface area (Å²) in [5, 5.41) is 13.5. The Labute approximate surface area is 186 Å². The van der Waals surface area contributed by atoms with E-state index in [4.69, 9.17) is 0 Å². The maximum Gasteiger partial charge on any atom is 0.326 e. The van der Waals surface area contributed by atoms with Gasteiger partial charge >= 0.3 is 12.0 Å². The lowest BCUT2D eigenvalue weighted by atomic mass is 10.1. The average molecular weight is 428 g/mol. The number of hydrogen-bond acceptors (Lipinski definition) is 2. The number of nitrogens with zero attached hydrogens (tertiary/aromatic N) is 1. The molecular formula is C26H25N3O3. The number of fused-ring (bicyclic) bond motifs is 1. The molecule has 3 N–H and O–H groups in total. The van der Waals surface area contributed by atoms with Crippen molar-refractivity contribution < 1.29 is 14.7 Å².